The van der Waals surface area contributed by atoms with Crippen LogP contribution in [0.4, 0.5) is 5.82 Å². The third-order valence-electron chi connectivity index (χ3n) is 5.71. The fourth-order valence-corrected chi connectivity index (χ4v) is 4.03. The molecule has 0 fully saturated rings. The minimum absolute atomic E-state index is 0.138. The highest BCUT2D eigenvalue weighted by Gasteiger charge is 2.23. The van der Waals surface area contributed by atoms with Crippen molar-refractivity contribution in [3.8, 4) is 5.95 Å². The monoisotopic (exact) mass is 415 g/mol. The van der Waals surface area contributed by atoms with Gasteiger partial charge in [0.1, 0.15) is 11.4 Å². The predicted molar refractivity (Wildman–Crippen MR) is 118 cm³/mol. The lowest BCUT2D eigenvalue weighted by Gasteiger charge is -2.13. The number of fused-ring (bicyclic) bond motifs is 2. The molecule has 0 unspecified atom stereocenters. The van der Waals surface area contributed by atoms with Crippen molar-refractivity contribution < 1.29 is 9.21 Å². The maximum atomic E-state index is 13.0. The van der Waals surface area contributed by atoms with E-state index in [1.165, 1.54) is 17.5 Å². The van der Waals surface area contributed by atoms with E-state index in [1.807, 2.05) is 6.07 Å². The van der Waals surface area contributed by atoms with Crippen LogP contribution in [0.1, 0.15) is 49.6 Å². The molecular weight excluding hydrogens is 390 g/mol. The molecule has 3 heterocycles. The third-order valence-corrected chi connectivity index (χ3v) is 5.71. The number of benzene rings is 1. The molecule has 0 spiro atoms. The average Bonchev–Trinajstić information content (AvgIpc) is 3.45. The Hall–Kier alpha value is -3.48. The van der Waals surface area contributed by atoms with E-state index in [2.05, 4.69) is 53.3 Å². The molecule has 1 aromatic carbocycles. The molecule has 0 radical (unpaired) electrons. The van der Waals surface area contributed by atoms with Crippen LogP contribution >= 0.6 is 0 Å². The number of anilines is 1. The van der Waals surface area contributed by atoms with Crippen LogP contribution in [-0.4, -0.2) is 25.7 Å². The van der Waals surface area contributed by atoms with Gasteiger partial charge in [0.2, 0.25) is 5.91 Å². The number of carbonyl (C=O) groups is 1. The molecule has 158 valence electrons. The van der Waals surface area contributed by atoms with Crippen molar-refractivity contribution in [2.75, 3.05) is 5.32 Å². The summed E-state index contributed by atoms with van der Waals surface area (Å²) in [4.78, 5) is 21.5. The minimum Gasteiger partial charge on any atom is -0.464 e. The zero-order chi connectivity index (χ0) is 21.6. The van der Waals surface area contributed by atoms with Gasteiger partial charge in [-0.25, -0.2) is 9.97 Å². The molecule has 0 saturated carbocycles. The molecule has 5 rings (SSSR count). The molecule has 0 bridgehead atoms. The maximum absolute atomic E-state index is 13.0. The summed E-state index contributed by atoms with van der Waals surface area (Å²) in [5.41, 5.74) is 5.13. The highest BCUT2D eigenvalue weighted by Crippen LogP contribution is 2.31. The SMILES string of the molecule is CC(C)(C)c1cc(NC(=O)Cc2coc3cc4c(cc23)CCC4)n(-c2ncccn2)n1. The van der Waals surface area contributed by atoms with Crippen LogP contribution in [0.2, 0.25) is 0 Å². The Balaban J connectivity index is 1.43. The van der Waals surface area contributed by atoms with Crippen LogP contribution in [0.5, 0.6) is 0 Å². The molecule has 1 aliphatic rings. The molecule has 1 amide bonds. The maximum Gasteiger partial charge on any atom is 0.252 e. The second-order valence-corrected chi connectivity index (χ2v) is 9.08. The fraction of sp³-hybridized carbons (Fsp3) is 0.333. The van der Waals surface area contributed by atoms with Crippen molar-refractivity contribution >= 4 is 22.7 Å². The number of nitrogens with zero attached hydrogens (tertiary/aromatic N) is 4. The molecule has 0 aliphatic heterocycles. The van der Waals surface area contributed by atoms with Gasteiger partial charge in [-0.2, -0.15) is 9.78 Å². The molecule has 0 saturated heterocycles. The van der Waals surface area contributed by atoms with Gasteiger partial charge in [-0.1, -0.05) is 20.8 Å². The number of hydrogen-bond donors (Lipinski definition) is 1. The number of rotatable bonds is 4. The van der Waals surface area contributed by atoms with Gasteiger partial charge in [-0.3, -0.25) is 4.79 Å². The van der Waals surface area contributed by atoms with E-state index in [4.69, 9.17) is 4.42 Å². The van der Waals surface area contributed by atoms with Crippen LogP contribution in [-0.2, 0) is 29.5 Å². The van der Waals surface area contributed by atoms with Gasteiger partial charge in [0.15, 0.2) is 0 Å². The van der Waals surface area contributed by atoms with Gasteiger partial charge >= 0.3 is 0 Å². The van der Waals surface area contributed by atoms with Gasteiger partial charge in [0.05, 0.1) is 18.4 Å². The van der Waals surface area contributed by atoms with E-state index in [0.717, 1.165) is 35.1 Å². The normalized spacial score (nSPS) is 13.5. The zero-order valence-electron chi connectivity index (χ0n) is 18.0. The second kappa shape index (κ2) is 7.34. The summed E-state index contributed by atoms with van der Waals surface area (Å²) in [6.45, 7) is 6.23. The third kappa shape index (κ3) is 3.71. The Labute approximate surface area is 180 Å². The Kier molecular flexibility index (Phi) is 4.61. The number of aromatic nitrogens is 4. The predicted octanol–water partition coefficient (Wildman–Crippen LogP) is 4.38. The van der Waals surface area contributed by atoms with E-state index < -0.39 is 0 Å². The summed E-state index contributed by atoms with van der Waals surface area (Å²) in [6, 6.07) is 7.94. The van der Waals surface area contributed by atoms with Crippen molar-refractivity contribution in [3.05, 3.63) is 65.3 Å². The summed E-state index contributed by atoms with van der Waals surface area (Å²) in [7, 11) is 0. The number of furan rings is 1. The summed E-state index contributed by atoms with van der Waals surface area (Å²) in [5, 5.41) is 8.67. The van der Waals surface area contributed by atoms with Crippen molar-refractivity contribution in [3.63, 3.8) is 0 Å². The smallest absolute Gasteiger partial charge is 0.252 e. The number of aryl methyl sites for hydroxylation is 2. The van der Waals surface area contributed by atoms with Gasteiger partial charge in [0.25, 0.3) is 5.95 Å². The topological polar surface area (TPSA) is 85.8 Å². The van der Waals surface area contributed by atoms with Gasteiger partial charge in [-0.15, -0.1) is 0 Å². The molecule has 31 heavy (non-hydrogen) atoms. The van der Waals surface area contributed by atoms with Gasteiger partial charge < -0.3 is 9.73 Å². The lowest BCUT2D eigenvalue weighted by molar-refractivity contribution is -0.115. The standard InChI is InChI=1S/C24H25N5O2/c1-24(2,3)20-13-21(29(28-20)23-25-8-5-9-26-23)27-22(30)12-17-14-31-19-11-16-7-4-6-15(16)10-18(17)19/h5,8-11,13-14H,4,6-7,12H2,1-3H3,(H,27,30). The second-order valence-electron chi connectivity index (χ2n) is 9.08. The molecular formula is C24H25N5O2. The molecule has 7 heteroatoms. The lowest BCUT2D eigenvalue weighted by Crippen LogP contribution is -2.17. The van der Waals surface area contributed by atoms with Crippen molar-refractivity contribution in [2.24, 2.45) is 0 Å². The summed E-state index contributed by atoms with van der Waals surface area (Å²) < 4.78 is 7.33. The van der Waals surface area contributed by atoms with Crippen molar-refractivity contribution in [1.29, 1.82) is 0 Å². The highest BCUT2D eigenvalue weighted by atomic mass is 16.3. The number of carbonyl (C=O) groups excluding carboxylic acids is 1. The molecule has 1 aliphatic carbocycles. The fourth-order valence-electron chi connectivity index (χ4n) is 4.03. The number of amides is 1. The Bertz CT molecular complexity index is 1260. The van der Waals surface area contributed by atoms with Crippen LogP contribution in [0.3, 0.4) is 0 Å². The number of nitrogens with one attached hydrogen (secondary N) is 1. The largest absolute Gasteiger partial charge is 0.464 e. The molecule has 7 nitrogen and oxygen atoms in total. The molecule has 3 aromatic heterocycles. The number of hydrogen-bond acceptors (Lipinski definition) is 5. The first-order valence-electron chi connectivity index (χ1n) is 10.6. The van der Waals surface area contributed by atoms with Crippen LogP contribution < -0.4 is 5.32 Å². The molecule has 4 aromatic rings. The van der Waals surface area contributed by atoms with Crippen LogP contribution in [0, 0.1) is 0 Å². The van der Waals surface area contributed by atoms with E-state index in [0.29, 0.717) is 11.8 Å². The van der Waals surface area contributed by atoms with E-state index in [1.54, 1.807) is 29.4 Å². The van der Waals surface area contributed by atoms with E-state index >= 15 is 0 Å². The minimum atomic E-state index is -0.180. The Morgan fingerprint density at radius 1 is 1.13 bits per heavy atom. The summed E-state index contributed by atoms with van der Waals surface area (Å²) in [6.07, 6.45) is 8.59. The van der Waals surface area contributed by atoms with Crippen molar-refractivity contribution in [2.45, 2.75) is 51.9 Å². The molecule has 1 N–H and O–H groups in total. The zero-order valence-corrected chi connectivity index (χ0v) is 18.0. The van der Waals surface area contributed by atoms with Crippen molar-refractivity contribution in [1.82, 2.24) is 19.7 Å². The molecule has 0 atom stereocenters. The first kappa shape index (κ1) is 19.5. The van der Waals surface area contributed by atoms with Gasteiger partial charge in [0, 0.05) is 34.8 Å². The summed E-state index contributed by atoms with van der Waals surface area (Å²) in [5.74, 6) is 0.827. The Morgan fingerprint density at radius 2 is 1.87 bits per heavy atom. The highest BCUT2D eigenvalue weighted by molar-refractivity contribution is 5.95. The Morgan fingerprint density at radius 3 is 2.61 bits per heavy atom. The van der Waals surface area contributed by atoms with Gasteiger partial charge in [-0.05, 0) is 48.6 Å². The van der Waals surface area contributed by atoms with Crippen LogP contribution in [0.15, 0.2) is 47.3 Å². The van der Waals surface area contributed by atoms with E-state index in [-0.39, 0.29) is 17.7 Å². The quantitative estimate of drug-likeness (QED) is 0.535. The first-order chi connectivity index (χ1) is 14.9. The van der Waals surface area contributed by atoms with E-state index in [9.17, 15) is 4.79 Å². The average molecular weight is 415 g/mol. The van der Waals surface area contributed by atoms with Crippen LogP contribution in [0.25, 0.3) is 16.9 Å². The first-order valence-corrected chi connectivity index (χ1v) is 10.6. The lowest BCUT2D eigenvalue weighted by atomic mass is 9.92. The summed E-state index contributed by atoms with van der Waals surface area (Å²) >= 11 is 0.